The molecular weight excluding hydrogens is 432 g/mol. The number of ketones is 1. The maximum atomic E-state index is 13.7. The van der Waals surface area contributed by atoms with Crippen LogP contribution in [0, 0.1) is 0 Å². The molecule has 7 rings (SSSR count). The molecule has 0 amide bonds. The molecule has 3 aromatic carbocycles. The number of likely N-dealkylation sites (N-methyl/N-ethyl adjacent to an activating group) is 1. The van der Waals surface area contributed by atoms with Crippen LogP contribution < -0.4 is 19.7 Å². The molecule has 0 spiro atoms. The molecule has 2 aliphatic heterocycles. The highest BCUT2D eigenvalue weighted by molar-refractivity contribution is 6.28. The van der Waals surface area contributed by atoms with Crippen molar-refractivity contribution in [1.29, 1.82) is 0 Å². The second-order valence-electron chi connectivity index (χ2n) is 8.91. The highest BCUT2D eigenvalue weighted by atomic mass is 16.7. The van der Waals surface area contributed by atoms with E-state index in [0.717, 1.165) is 59.7 Å². The van der Waals surface area contributed by atoms with Gasteiger partial charge in [0.05, 0.1) is 22.3 Å². The summed E-state index contributed by atoms with van der Waals surface area (Å²) in [5.41, 5.74) is 5.23. The Morgan fingerprint density at radius 1 is 0.941 bits per heavy atom. The van der Waals surface area contributed by atoms with Crippen molar-refractivity contribution in [3.8, 4) is 22.8 Å². The van der Waals surface area contributed by atoms with Crippen molar-refractivity contribution in [2.75, 3.05) is 50.2 Å². The van der Waals surface area contributed by atoms with Gasteiger partial charge in [-0.25, -0.2) is 0 Å². The largest absolute Gasteiger partial charge is 0.454 e. The molecule has 0 atom stereocenters. The van der Waals surface area contributed by atoms with E-state index in [9.17, 15) is 4.79 Å². The van der Waals surface area contributed by atoms with E-state index in [-0.39, 0.29) is 12.6 Å². The number of ether oxygens (including phenoxy) is 2. The lowest BCUT2D eigenvalue weighted by Crippen LogP contribution is -2.44. The van der Waals surface area contributed by atoms with Gasteiger partial charge in [0, 0.05) is 49.1 Å². The van der Waals surface area contributed by atoms with Gasteiger partial charge in [0.15, 0.2) is 23.0 Å². The molecule has 3 aliphatic rings. The first-order valence-electron chi connectivity index (χ1n) is 11.4. The van der Waals surface area contributed by atoms with E-state index >= 15 is 0 Å². The predicted molar refractivity (Wildman–Crippen MR) is 128 cm³/mol. The molecule has 0 radical (unpaired) electrons. The standard InChI is InChI=1S/C26H22N4O4/c1-29-8-10-30(11-9-29)19-13-18(27-15-6-7-20-21(12-15)33-14-32-20)22-23-24(19)28-34-26(23)17-5-3-2-4-16(17)25(22)31/h2-7,12-13,27H,8-11,14H2,1H3. The van der Waals surface area contributed by atoms with Crippen LogP contribution in [-0.4, -0.2) is 55.9 Å². The van der Waals surface area contributed by atoms with Crippen LogP contribution in [0.1, 0.15) is 15.9 Å². The molecule has 34 heavy (non-hydrogen) atoms. The Hall–Kier alpha value is -4.04. The van der Waals surface area contributed by atoms with Crippen LogP contribution in [0.25, 0.3) is 22.2 Å². The number of nitrogens with zero attached hydrogens (tertiary/aromatic N) is 3. The van der Waals surface area contributed by atoms with Crippen molar-refractivity contribution >= 4 is 33.7 Å². The van der Waals surface area contributed by atoms with E-state index in [0.29, 0.717) is 28.4 Å². The number of nitrogens with one attached hydrogen (secondary N) is 1. The number of hydrogen-bond donors (Lipinski definition) is 1. The van der Waals surface area contributed by atoms with Crippen LogP contribution in [0.15, 0.2) is 53.1 Å². The fourth-order valence-corrected chi connectivity index (χ4v) is 5.06. The molecule has 1 fully saturated rings. The molecule has 3 heterocycles. The fourth-order valence-electron chi connectivity index (χ4n) is 5.06. The van der Waals surface area contributed by atoms with Gasteiger partial charge in [0.25, 0.3) is 0 Å². The summed E-state index contributed by atoms with van der Waals surface area (Å²) in [4.78, 5) is 18.4. The summed E-state index contributed by atoms with van der Waals surface area (Å²) in [5.74, 6) is 2.00. The summed E-state index contributed by atoms with van der Waals surface area (Å²) in [5, 5.41) is 8.72. The first kappa shape index (κ1) is 19.4. The first-order chi connectivity index (χ1) is 16.7. The van der Waals surface area contributed by atoms with Crippen molar-refractivity contribution in [2.45, 2.75) is 0 Å². The molecule has 0 bridgehead atoms. The third-order valence-corrected chi connectivity index (χ3v) is 6.87. The van der Waals surface area contributed by atoms with Gasteiger partial charge in [-0.15, -0.1) is 0 Å². The van der Waals surface area contributed by atoms with Crippen molar-refractivity contribution < 1.29 is 18.8 Å². The van der Waals surface area contributed by atoms with Gasteiger partial charge in [-0.3, -0.25) is 4.79 Å². The fraction of sp³-hybridized carbons (Fsp3) is 0.231. The van der Waals surface area contributed by atoms with Crippen molar-refractivity contribution in [2.24, 2.45) is 0 Å². The maximum Gasteiger partial charge on any atom is 0.231 e. The molecule has 4 aromatic rings. The van der Waals surface area contributed by atoms with Crippen molar-refractivity contribution in [1.82, 2.24) is 10.1 Å². The predicted octanol–water partition coefficient (Wildman–Crippen LogP) is 4.26. The van der Waals surface area contributed by atoms with Crippen LogP contribution in [0.2, 0.25) is 0 Å². The summed E-state index contributed by atoms with van der Waals surface area (Å²) < 4.78 is 16.9. The number of hydrogen-bond acceptors (Lipinski definition) is 8. The minimum Gasteiger partial charge on any atom is -0.454 e. The van der Waals surface area contributed by atoms with Gasteiger partial charge in [-0.05, 0) is 25.2 Å². The highest BCUT2D eigenvalue weighted by Gasteiger charge is 2.34. The Labute approximate surface area is 195 Å². The molecule has 1 saturated heterocycles. The molecule has 1 N–H and O–H groups in total. The number of anilines is 3. The van der Waals surface area contributed by atoms with Crippen LogP contribution in [-0.2, 0) is 0 Å². The number of benzene rings is 3. The summed E-state index contributed by atoms with van der Waals surface area (Å²) in [6, 6.07) is 15.3. The number of piperazine rings is 1. The van der Waals surface area contributed by atoms with Gasteiger partial charge in [-0.1, -0.05) is 29.4 Å². The SMILES string of the molecule is CN1CCN(c2cc(Nc3ccc4c(c3)OCO4)c3c4c(onc24)-c2ccccc2C3=O)CC1. The molecule has 8 heteroatoms. The van der Waals surface area contributed by atoms with E-state index in [2.05, 4.69) is 27.3 Å². The smallest absolute Gasteiger partial charge is 0.231 e. The lowest BCUT2D eigenvalue weighted by atomic mass is 9.86. The molecule has 0 saturated carbocycles. The van der Waals surface area contributed by atoms with Crippen molar-refractivity contribution in [3.05, 3.63) is 59.7 Å². The minimum absolute atomic E-state index is 0.0375. The van der Waals surface area contributed by atoms with Gasteiger partial charge < -0.3 is 29.1 Å². The number of rotatable bonds is 3. The Balaban J connectivity index is 1.43. The zero-order chi connectivity index (χ0) is 22.8. The summed E-state index contributed by atoms with van der Waals surface area (Å²) in [6.07, 6.45) is 0. The number of carbonyl (C=O) groups excluding carboxylic acids is 1. The van der Waals surface area contributed by atoms with Gasteiger partial charge in [0.1, 0.15) is 5.52 Å². The normalized spacial score (nSPS) is 16.7. The zero-order valence-electron chi connectivity index (χ0n) is 18.6. The molecule has 170 valence electrons. The Morgan fingerprint density at radius 2 is 1.74 bits per heavy atom. The Kier molecular flexibility index (Phi) is 4.13. The molecule has 8 nitrogen and oxygen atoms in total. The average Bonchev–Trinajstić information content (AvgIpc) is 3.51. The highest BCUT2D eigenvalue weighted by Crippen LogP contribution is 2.47. The van der Waals surface area contributed by atoms with Gasteiger partial charge in [-0.2, -0.15) is 0 Å². The van der Waals surface area contributed by atoms with E-state index in [4.69, 9.17) is 14.0 Å². The molecule has 1 aliphatic carbocycles. The molecule has 1 aromatic heterocycles. The van der Waals surface area contributed by atoms with E-state index < -0.39 is 0 Å². The van der Waals surface area contributed by atoms with E-state index in [1.165, 1.54) is 0 Å². The summed E-state index contributed by atoms with van der Waals surface area (Å²) in [7, 11) is 2.13. The van der Waals surface area contributed by atoms with Crippen LogP contribution >= 0.6 is 0 Å². The van der Waals surface area contributed by atoms with Gasteiger partial charge in [0.2, 0.25) is 6.79 Å². The molecular formula is C26H22N4O4. The Morgan fingerprint density at radius 3 is 2.59 bits per heavy atom. The monoisotopic (exact) mass is 454 g/mol. The average molecular weight is 454 g/mol. The van der Waals surface area contributed by atoms with E-state index in [1.807, 2.05) is 48.5 Å². The van der Waals surface area contributed by atoms with Crippen LogP contribution in [0.3, 0.4) is 0 Å². The van der Waals surface area contributed by atoms with Crippen LogP contribution in [0.4, 0.5) is 17.1 Å². The third kappa shape index (κ3) is 2.82. The quantitative estimate of drug-likeness (QED) is 0.433. The summed E-state index contributed by atoms with van der Waals surface area (Å²) >= 11 is 0. The topological polar surface area (TPSA) is 80.1 Å². The van der Waals surface area contributed by atoms with E-state index in [1.54, 1.807) is 0 Å². The lowest BCUT2D eigenvalue weighted by Gasteiger charge is -2.34. The summed E-state index contributed by atoms with van der Waals surface area (Å²) in [6.45, 7) is 3.88. The Bertz CT molecular complexity index is 1470. The first-order valence-corrected chi connectivity index (χ1v) is 11.4. The lowest BCUT2D eigenvalue weighted by molar-refractivity contribution is 0.104. The minimum atomic E-state index is -0.0375. The zero-order valence-corrected chi connectivity index (χ0v) is 18.6. The number of fused-ring (bicyclic) bond motifs is 3. The maximum absolute atomic E-state index is 13.7. The second-order valence-corrected chi connectivity index (χ2v) is 8.91. The number of aromatic nitrogens is 1. The second kappa shape index (κ2) is 7.23. The van der Waals surface area contributed by atoms with Crippen LogP contribution in [0.5, 0.6) is 11.5 Å². The molecule has 0 unspecified atom stereocenters. The number of carbonyl (C=O) groups is 1. The van der Waals surface area contributed by atoms with Gasteiger partial charge >= 0.3 is 0 Å². The third-order valence-electron chi connectivity index (χ3n) is 6.87. The van der Waals surface area contributed by atoms with Crippen molar-refractivity contribution in [3.63, 3.8) is 0 Å².